The molecule has 0 spiro atoms. The lowest BCUT2D eigenvalue weighted by molar-refractivity contribution is 0.847. The molecule has 2 aromatic rings. The Kier molecular flexibility index (Phi) is 3.83. The van der Waals surface area contributed by atoms with Crippen molar-refractivity contribution >= 4 is 23.2 Å². The van der Waals surface area contributed by atoms with Gasteiger partial charge in [0.1, 0.15) is 16.0 Å². The third-order valence-electron chi connectivity index (χ3n) is 2.57. The van der Waals surface area contributed by atoms with E-state index in [0.717, 1.165) is 11.1 Å². The highest BCUT2D eigenvalue weighted by atomic mass is 35.5. The number of halogens is 2. The largest absolute Gasteiger partial charge is 0.253 e. The van der Waals surface area contributed by atoms with Gasteiger partial charge in [0, 0.05) is 11.8 Å². The van der Waals surface area contributed by atoms with Gasteiger partial charge >= 0.3 is 0 Å². The minimum Gasteiger partial charge on any atom is -0.253 e. The van der Waals surface area contributed by atoms with Crippen LogP contribution in [-0.4, -0.2) is 15.0 Å². The number of aryl methyl sites for hydroxylation is 1. The van der Waals surface area contributed by atoms with Crippen LogP contribution in [0.2, 0.25) is 10.3 Å². The lowest BCUT2D eigenvalue weighted by Crippen LogP contribution is -2.00. The predicted molar refractivity (Wildman–Crippen MR) is 74.1 cm³/mol. The van der Waals surface area contributed by atoms with E-state index in [-0.39, 0.29) is 5.92 Å². The average Bonchev–Trinajstić information content (AvgIpc) is 2.27. The summed E-state index contributed by atoms with van der Waals surface area (Å²) in [6, 6.07) is 3.81. The van der Waals surface area contributed by atoms with Gasteiger partial charge in [0.2, 0.25) is 0 Å². The van der Waals surface area contributed by atoms with Crippen LogP contribution in [-0.2, 0) is 0 Å². The third-order valence-corrected chi connectivity index (χ3v) is 3.15. The number of nitrogens with zero attached hydrogens (tertiary/aromatic N) is 3. The summed E-state index contributed by atoms with van der Waals surface area (Å²) in [5.41, 5.74) is 2.53. The Balaban J connectivity index is 2.55. The fourth-order valence-electron chi connectivity index (χ4n) is 1.67. The number of hydrogen-bond acceptors (Lipinski definition) is 3. The van der Waals surface area contributed by atoms with Crippen LogP contribution in [0.1, 0.15) is 30.9 Å². The van der Waals surface area contributed by atoms with Crippen molar-refractivity contribution in [1.82, 2.24) is 15.0 Å². The van der Waals surface area contributed by atoms with Crippen molar-refractivity contribution in [2.24, 2.45) is 0 Å². The summed E-state index contributed by atoms with van der Waals surface area (Å²) >= 11 is 12.3. The molecule has 0 bridgehead atoms. The van der Waals surface area contributed by atoms with Gasteiger partial charge in [0.15, 0.2) is 5.82 Å². The van der Waals surface area contributed by atoms with Crippen molar-refractivity contribution in [3.05, 3.63) is 39.8 Å². The Hall–Kier alpha value is -1.19. The highest BCUT2D eigenvalue weighted by Crippen LogP contribution is 2.30. The molecular weight excluding hydrogens is 269 g/mol. The van der Waals surface area contributed by atoms with Gasteiger partial charge in [-0.2, -0.15) is 0 Å². The lowest BCUT2D eigenvalue weighted by atomic mass is 10.1. The Morgan fingerprint density at radius 2 is 1.72 bits per heavy atom. The van der Waals surface area contributed by atoms with Gasteiger partial charge in [-0.3, -0.25) is 4.98 Å². The van der Waals surface area contributed by atoms with Gasteiger partial charge in [-0.25, -0.2) is 9.97 Å². The van der Waals surface area contributed by atoms with Crippen LogP contribution in [0.5, 0.6) is 0 Å². The van der Waals surface area contributed by atoms with Crippen LogP contribution in [0.3, 0.4) is 0 Å². The lowest BCUT2D eigenvalue weighted by Gasteiger charge is -2.10. The minimum absolute atomic E-state index is 0.185. The van der Waals surface area contributed by atoms with E-state index in [1.807, 2.05) is 32.9 Å². The average molecular weight is 282 g/mol. The molecule has 0 aliphatic rings. The molecule has 0 N–H and O–H groups in total. The highest BCUT2D eigenvalue weighted by molar-refractivity contribution is 6.34. The smallest absolute Gasteiger partial charge is 0.181 e. The van der Waals surface area contributed by atoms with E-state index in [1.54, 1.807) is 6.20 Å². The van der Waals surface area contributed by atoms with Gasteiger partial charge in [0.05, 0.1) is 0 Å². The molecule has 0 atom stereocenters. The molecule has 0 amide bonds. The Morgan fingerprint density at radius 3 is 2.22 bits per heavy atom. The maximum absolute atomic E-state index is 6.16. The van der Waals surface area contributed by atoms with E-state index in [1.165, 1.54) is 0 Å². The molecule has 0 aliphatic heterocycles. The Labute approximate surface area is 116 Å². The van der Waals surface area contributed by atoms with Crippen LogP contribution in [0, 0.1) is 6.92 Å². The summed E-state index contributed by atoms with van der Waals surface area (Å²) in [5, 5.41) is 0.784. The maximum Gasteiger partial charge on any atom is 0.181 e. The van der Waals surface area contributed by atoms with Crippen molar-refractivity contribution in [3.63, 3.8) is 0 Å². The van der Waals surface area contributed by atoms with E-state index < -0.39 is 0 Å². The molecule has 0 fully saturated rings. The minimum atomic E-state index is 0.185. The molecule has 2 aromatic heterocycles. The first kappa shape index (κ1) is 13.2. The van der Waals surface area contributed by atoms with E-state index in [4.69, 9.17) is 23.2 Å². The number of pyridine rings is 1. The molecule has 0 unspecified atom stereocenters. The van der Waals surface area contributed by atoms with Gasteiger partial charge in [-0.05, 0) is 30.5 Å². The van der Waals surface area contributed by atoms with Gasteiger partial charge in [-0.15, -0.1) is 0 Å². The fraction of sp³-hybridized carbons (Fsp3) is 0.308. The molecule has 0 aliphatic carbocycles. The van der Waals surface area contributed by atoms with E-state index in [0.29, 0.717) is 21.8 Å². The number of hydrogen-bond donors (Lipinski definition) is 0. The first-order chi connectivity index (χ1) is 8.49. The topological polar surface area (TPSA) is 38.7 Å². The van der Waals surface area contributed by atoms with Crippen LogP contribution < -0.4 is 0 Å². The second-order valence-electron chi connectivity index (χ2n) is 4.42. The summed E-state index contributed by atoms with van der Waals surface area (Å²) in [5.74, 6) is 0.641. The van der Waals surface area contributed by atoms with Crippen LogP contribution in [0.25, 0.3) is 11.5 Å². The zero-order valence-electron chi connectivity index (χ0n) is 10.4. The normalized spacial score (nSPS) is 11.0. The molecule has 0 saturated heterocycles. The molecule has 2 rings (SSSR count). The Bertz CT molecular complexity index is 559. The van der Waals surface area contributed by atoms with E-state index >= 15 is 0 Å². The van der Waals surface area contributed by atoms with Gasteiger partial charge in [-0.1, -0.05) is 37.0 Å². The molecule has 18 heavy (non-hydrogen) atoms. The molecule has 94 valence electrons. The molecule has 0 saturated carbocycles. The zero-order chi connectivity index (χ0) is 13.3. The number of rotatable bonds is 2. The SMILES string of the molecule is Cc1ccnc(-c2nc(Cl)c(C(C)C)c(Cl)n2)c1. The molecule has 0 aromatic carbocycles. The van der Waals surface area contributed by atoms with Crippen molar-refractivity contribution in [2.45, 2.75) is 26.7 Å². The second kappa shape index (κ2) is 5.21. The fourth-order valence-corrected chi connectivity index (χ4v) is 2.49. The highest BCUT2D eigenvalue weighted by Gasteiger charge is 2.16. The Morgan fingerprint density at radius 1 is 1.11 bits per heavy atom. The van der Waals surface area contributed by atoms with Crippen LogP contribution in [0.4, 0.5) is 0 Å². The van der Waals surface area contributed by atoms with Crippen molar-refractivity contribution < 1.29 is 0 Å². The maximum atomic E-state index is 6.16. The zero-order valence-corrected chi connectivity index (χ0v) is 11.9. The standard InChI is InChI=1S/C13H13Cl2N3/c1-7(2)10-11(14)17-13(18-12(10)15)9-6-8(3)4-5-16-9/h4-7H,1-3H3. The summed E-state index contributed by atoms with van der Waals surface area (Å²) in [6.07, 6.45) is 1.71. The van der Waals surface area contributed by atoms with Crippen LogP contribution >= 0.6 is 23.2 Å². The van der Waals surface area contributed by atoms with E-state index in [2.05, 4.69) is 15.0 Å². The second-order valence-corrected chi connectivity index (χ2v) is 5.13. The van der Waals surface area contributed by atoms with Crippen LogP contribution in [0.15, 0.2) is 18.3 Å². The van der Waals surface area contributed by atoms with E-state index in [9.17, 15) is 0 Å². The van der Waals surface area contributed by atoms with Gasteiger partial charge in [0.25, 0.3) is 0 Å². The first-order valence-corrected chi connectivity index (χ1v) is 6.40. The van der Waals surface area contributed by atoms with Crippen molar-refractivity contribution in [1.29, 1.82) is 0 Å². The van der Waals surface area contributed by atoms with Gasteiger partial charge < -0.3 is 0 Å². The molecule has 0 radical (unpaired) electrons. The number of aromatic nitrogens is 3. The quantitative estimate of drug-likeness (QED) is 0.772. The summed E-state index contributed by atoms with van der Waals surface area (Å²) < 4.78 is 0. The summed E-state index contributed by atoms with van der Waals surface area (Å²) in [7, 11) is 0. The van der Waals surface area contributed by atoms with Crippen molar-refractivity contribution in [2.75, 3.05) is 0 Å². The molecule has 3 nitrogen and oxygen atoms in total. The monoisotopic (exact) mass is 281 g/mol. The molecule has 2 heterocycles. The molecular formula is C13H13Cl2N3. The van der Waals surface area contributed by atoms with Crippen molar-refractivity contribution in [3.8, 4) is 11.5 Å². The third kappa shape index (κ3) is 2.62. The summed E-state index contributed by atoms with van der Waals surface area (Å²) in [4.78, 5) is 12.8. The summed E-state index contributed by atoms with van der Waals surface area (Å²) in [6.45, 7) is 5.99. The first-order valence-electron chi connectivity index (χ1n) is 5.65. The molecule has 5 heteroatoms. The predicted octanol–water partition coefficient (Wildman–Crippen LogP) is 4.28.